The molecule has 0 saturated heterocycles. The van der Waals surface area contributed by atoms with E-state index >= 15 is 0 Å². The van der Waals surface area contributed by atoms with Gasteiger partial charge in [0.2, 0.25) is 0 Å². The first-order valence-electron chi connectivity index (χ1n) is 17.3. The monoisotopic (exact) mass is 819 g/mol. The first-order chi connectivity index (χ1) is 24.9. The molecule has 0 aliphatic rings. The number of rotatable bonds is 2. The molecule has 53 heavy (non-hydrogen) atoms. The minimum atomic E-state index is 0. The summed E-state index contributed by atoms with van der Waals surface area (Å²) in [4.78, 5) is 0. The van der Waals surface area contributed by atoms with Crippen LogP contribution in [0.3, 0.4) is 0 Å². The van der Waals surface area contributed by atoms with E-state index in [1.54, 1.807) is 0 Å². The Balaban J connectivity index is 0.000000187. The van der Waals surface area contributed by atoms with Crippen molar-refractivity contribution in [2.24, 2.45) is 0 Å². The fourth-order valence-corrected chi connectivity index (χ4v) is 7.16. The van der Waals surface area contributed by atoms with Crippen molar-refractivity contribution in [1.82, 2.24) is 0 Å². The van der Waals surface area contributed by atoms with E-state index in [0.29, 0.717) is 0 Å². The zero-order valence-corrected chi connectivity index (χ0v) is 35.7. The summed E-state index contributed by atoms with van der Waals surface area (Å²) < 4.78 is 0. The Hall–Kier alpha value is -4.17. The number of fused-ring (bicyclic) bond motifs is 4. The van der Waals surface area contributed by atoms with Gasteiger partial charge in [0.1, 0.15) is 0 Å². The molecule has 0 N–H and O–H groups in total. The number of benzene rings is 7. The molecule has 2 radical (unpaired) electrons. The van der Waals surface area contributed by atoms with Gasteiger partial charge in [0.05, 0.1) is 0 Å². The van der Waals surface area contributed by atoms with E-state index in [9.17, 15) is 0 Å². The van der Waals surface area contributed by atoms with Crippen molar-refractivity contribution in [3.8, 4) is 22.3 Å². The molecule has 4 heteroatoms. The third-order valence-corrected chi connectivity index (χ3v) is 9.45. The second-order valence-corrected chi connectivity index (χ2v) is 13.1. The average Bonchev–Trinajstić information content (AvgIpc) is 3.74. The molecule has 0 bridgehead atoms. The van der Waals surface area contributed by atoms with E-state index in [0.717, 1.165) is 5.56 Å². The number of halogens is 2. The number of hydrogen-bond acceptors (Lipinski definition) is 0. The number of aryl methyl sites for hydroxylation is 4. The minimum absolute atomic E-state index is 0. The molecule has 0 fully saturated rings. The van der Waals surface area contributed by atoms with Crippen LogP contribution in [0.4, 0.5) is 0 Å². The maximum absolute atomic E-state index is 3.72. The second kappa shape index (κ2) is 19.2. The molecule has 0 amide bonds. The third kappa shape index (κ3) is 9.32. The summed E-state index contributed by atoms with van der Waals surface area (Å²) in [5.41, 5.74) is 11.8. The third-order valence-electron chi connectivity index (χ3n) is 9.45. The van der Waals surface area contributed by atoms with Gasteiger partial charge in [0, 0.05) is 0 Å². The molecule has 0 aliphatic heterocycles. The Labute approximate surface area is 344 Å². The summed E-state index contributed by atoms with van der Waals surface area (Å²) >= 11 is 1.36. The normalized spacial score (nSPS) is 10.2. The van der Waals surface area contributed by atoms with E-state index in [1.807, 2.05) is 30.3 Å². The molecule has 0 saturated carbocycles. The fraction of sp³-hybridized carbons (Fsp3) is 0.0816. The van der Waals surface area contributed by atoms with Gasteiger partial charge in [-0.1, -0.05) is 127 Å². The topological polar surface area (TPSA) is 0 Å². The van der Waals surface area contributed by atoms with Crippen molar-refractivity contribution in [3.05, 3.63) is 199 Å². The average molecular weight is 822 g/mol. The van der Waals surface area contributed by atoms with Crippen molar-refractivity contribution in [3.63, 3.8) is 0 Å². The Morgan fingerprint density at radius 1 is 0.434 bits per heavy atom. The molecule has 0 spiro atoms. The summed E-state index contributed by atoms with van der Waals surface area (Å²) in [5, 5.41) is 10.7. The van der Waals surface area contributed by atoms with Crippen LogP contribution in [0.25, 0.3) is 65.3 Å². The Morgan fingerprint density at radius 2 is 0.811 bits per heavy atom. The van der Waals surface area contributed by atoms with Gasteiger partial charge in [-0.05, 0) is 46.5 Å². The molecule has 9 aromatic carbocycles. The van der Waals surface area contributed by atoms with Crippen molar-refractivity contribution < 1.29 is 23.3 Å². The van der Waals surface area contributed by atoms with Crippen LogP contribution in [0, 0.1) is 34.6 Å². The molecule has 264 valence electrons. The van der Waals surface area contributed by atoms with E-state index < -0.39 is 0 Å². The van der Waals surface area contributed by atoms with Gasteiger partial charge in [-0.25, -0.2) is 0 Å². The summed E-state index contributed by atoms with van der Waals surface area (Å²) in [6.07, 6.45) is 0. The molecule has 0 nitrogen and oxygen atoms in total. The van der Waals surface area contributed by atoms with Gasteiger partial charge in [-0.2, -0.15) is 36.8 Å². The van der Waals surface area contributed by atoms with Gasteiger partial charge in [0.15, 0.2) is 0 Å². The van der Waals surface area contributed by atoms with Crippen LogP contribution in [-0.2, 0) is 23.3 Å². The first-order valence-corrected chi connectivity index (χ1v) is 21.5. The molecule has 9 aromatic rings. The van der Waals surface area contributed by atoms with Crippen molar-refractivity contribution in [2.75, 3.05) is 0 Å². The van der Waals surface area contributed by atoms with Gasteiger partial charge in [0.25, 0.3) is 0 Å². The van der Waals surface area contributed by atoms with Crippen LogP contribution >= 0.6 is 24.8 Å². The fourth-order valence-electron chi connectivity index (χ4n) is 7.16. The zero-order valence-electron chi connectivity index (χ0n) is 30.6. The van der Waals surface area contributed by atoms with Gasteiger partial charge in [-0.15, -0.1) is 106 Å². The van der Waals surface area contributed by atoms with Crippen LogP contribution in [0.5, 0.6) is 0 Å². The molecule has 0 heterocycles. The molecule has 9 rings (SSSR count). The van der Waals surface area contributed by atoms with Gasteiger partial charge in [-0.3, -0.25) is 0 Å². The quantitative estimate of drug-likeness (QED) is 0.120. The van der Waals surface area contributed by atoms with Crippen molar-refractivity contribution in [2.45, 2.75) is 27.7 Å². The summed E-state index contributed by atoms with van der Waals surface area (Å²) in [7, 11) is 0. The van der Waals surface area contributed by atoms with E-state index in [-0.39, 0.29) is 24.8 Å². The van der Waals surface area contributed by atoms with Gasteiger partial charge >= 0.3 is 30.2 Å². The Kier molecular flexibility index (Phi) is 15.1. The SMILES string of the molecule is Cc1cc2c(-c3cccc4ccccc34)c(C)ccc2[cH-]1.Cc1cc2c(-c3cccc4ccccc34)c(C)ccc2[cH-]1.Cl.Cl.[CH2-]c1ccccc1.[Si]=[Zr]. The van der Waals surface area contributed by atoms with Crippen molar-refractivity contribution in [1.29, 1.82) is 0 Å². The predicted molar refractivity (Wildman–Crippen MR) is 235 cm³/mol. The molecule has 0 unspecified atom stereocenters. The van der Waals surface area contributed by atoms with Crippen LogP contribution in [0.2, 0.25) is 0 Å². The summed E-state index contributed by atoms with van der Waals surface area (Å²) in [6, 6.07) is 58.4. The number of hydrogen-bond donors (Lipinski definition) is 0. The second-order valence-electron chi connectivity index (χ2n) is 13.1. The molecule has 0 atom stereocenters. The van der Waals surface area contributed by atoms with E-state index in [1.165, 1.54) is 111 Å². The maximum atomic E-state index is 3.72. The standard InChI is InChI=1S/2C21H17.C7H7.2ClH.Si.Zr/c2*1-14-12-17-11-10-15(2)21(20(17)13-14)19-9-5-7-16-6-3-4-8-18(16)19;1-7-5-3-2-4-6-7;;;;/h2*3-13H,1-2H3;2-6H,1H2;2*1H;;/q3*-1;;;;. The van der Waals surface area contributed by atoms with E-state index in [2.05, 4.69) is 175 Å². The predicted octanol–water partition coefficient (Wildman–Crippen LogP) is 14.3. The van der Waals surface area contributed by atoms with Crippen molar-refractivity contribution >= 4 is 74.8 Å². The molecular formula is C49H43Cl2SiZr-3. The Bertz CT molecular complexity index is 2410. The Morgan fingerprint density at radius 3 is 1.21 bits per heavy atom. The zero-order chi connectivity index (χ0) is 35.9. The first kappa shape index (κ1) is 41.6. The van der Waals surface area contributed by atoms with Crippen LogP contribution in [0.15, 0.2) is 164 Å². The van der Waals surface area contributed by atoms with Crippen LogP contribution in [-0.4, -0.2) is 6.88 Å². The van der Waals surface area contributed by atoms with Gasteiger partial charge < -0.3 is 0 Å². The summed E-state index contributed by atoms with van der Waals surface area (Å²) in [5.74, 6) is 0. The van der Waals surface area contributed by atoms with E-state index in [4.69, 9.17) is 0 Å². The van der Waals surface area contributed by atoms with Crippen LogP contribution < -0.4 is 0 Å². The molecule has 0 aromatic heterocycles. The summed E-state index contributed by atoms with van der Waals surface area (Å²) in [6.45, 7) is 15.5. The molecule has 0 aliphatic carbocycles. The van der Waals surface area contributed by atoms with Crippen LogP contribution in [0.1, 0.15) is 27.8 Å². The molecular weight excluding hydrogens is 779 g/mol.